The Hall–Kier alpha value is -2.18. The smallest absolute Gasteiger partial charge is 0.305 e. The molecular formula is C12H17N3O4. The number of hydrogen-bond donors (Lipinski definition) is 1. The molecular weight excluding hydrogens is 250 g/mol. The summed E-state index contributed by atoms with van der Waals surface area (Å²) in [7, 11) is 1.45. The van der Waals surface area contributed by atoms with Gasteiger partial charge in [-0.25, -0.2) is 4.68 Å². The molecule has 0 aliphatic carbocycles. The number of carboxylic acid groups (broad SMARTS) is 1. The van der Waals surface area contributed by atoms with E-state index in [1.807, 2.05) is 0 Å². The van der Waals surface area contributed by atoms with Crippen molar-refractivity contribution in [3.63, 3.8) is 0 Å². The van der Waals surface area contributed by atoms with E-state index in [0.29, 0.717) is 6.54 Å². The maximum absolute atomic E-state index is 12.2. The molecule has 19 heavy (non-hydrogen) atoms. The van der Waals surface area contributed by atoms with Gasteiger partial charge in [-0.1, -0.05) is 0 Å². The van der Waals surface area contributed by atoms with Gasteiger partial charge in [0.1, 0.15) is 5.69 Å². The van der Waals surface area contributed by atoms with Crippen LogP contribution in [-0.4, -0.2) is 44.3 Å². The molecule has 1 atom stereocenters. The monoisotopic (exact) mass is 267 g/mol. The summed E-state index contributed by atoms with van der Waals surface area (Å²) in [6.45, 7) is 3.80. The Labute approximate surface area is 110 Å². The molecule has 0 saturated carbocycles. The molecule has 0 fully saturated rings. The van der Waals surface area contributed by atoms with Crippen molar-refractivity contribution in [1.29, 1.82) is 0 Å². The van der Waals surface area contributed by atoms with E-state index >= 15 is 0 Å². The summed E-state index contributed by atoms with van der Waals surface area (Å²) in [6, 6.07) is 2.17. The Morgan fingerprint density at radius 1 is 1.47 bits per heavy atom. The Morgan fingerprint density at radius 3 is 2.58 bits per heavy atom. The minimum Gasteiger partial charge on any atom is -0.481 e. The van der Waals surface area contributed by atoms with E-state index in [9.17, 15) is 14.4 Å². The number of aliphatic carboxylic acids is 1. The van der Waals surface area contributed by atoms with Gasteiger partial charge in [0.15, 0.2) is 0 Å². The number of nitrogens with zero attached hydrogens (tertiary/aromatic N) is 3. The molecule has 1 amide bonds. The van der Waals surface area contributed by atoms with Gasteiger partial charge in [0, 0.05) is 25.7 Å². The SMILES string of the molecule is CCN(C(=O)c1ccc(=O)n(C)n1)C(C)CC(=O)O. The molecule has 0 spiro atoms. The Bertz CT molecular complexity index is 538. The summed E-state index contributed by atoms with van der Waals surface area (Å²) in [4.78, 5) is 35.5. The quantitative estimate of drug-likeness (QED) is 0.817. The first kappa shape index (κ1) is 14.9. The normalized spacial score (nSPS) is 11.9. The van der Waals surface area contributed by atoms with Gasteiger partial charge in [0.2, 0.25) is 0 Å². The molecule has 1 aromatic heterocycles. The molecule has 1 heterocycles. The number of amides is 1. The summed E-state index contributed by atoms with van der Waals surface area (Å²) in [5.74, 6) is -1.35. The van der Waals surface area contributed by atoms with Crippen LogP contribution in [0.5, 0.6) is 0 Å². The van der Waals surface area contributed by atoms with E-state index in [1.165, 1.54) is 24.1 Å². The molecule has 0 aromatic carbocycles. The lowest BCUT2D eigenvalue weighted by Crippen LogP contribution is -2.40. The zero-order valence-electron chi connectivity index (χ0n) is 11.2. The molecule has 1 rings (SSSR count). The van der Waals surface area contributed by atoms with E-state index in [0.717, 1.165) is 4.68 Å². The Morgan fingerprint density at radius 2 is 2.11 bits per heavy atom. The number of aromatic nitrogens is 2. The minimum atomic E-state index is -0.966. The summed E-state index contributed by atoms with van der Waals surface area (Å²) in [5, 5.41) is 12.6. The summed E-state index contributed by atoms with van der Waals surface area (Å²) >= 11 is 0. The third kappa shape index (κ3) is 3.64. The van der Waals surface area contributed by atoms with Crippen LogP contribution < -0.4 is 5.56 Å². The molecule has 7 heteroatoms. The van der Waals surface area contributed by atoms with Crippen molar-refractivity contribution < 1.29 is 14.7 Å². The van der Waals surface area contributed by atoms with Crippen LogP contribution >= 0.6 is 0 Å². The van der Waals surface area contributed by atoms with Crippen molar-refractivity contribution in [1.82, 2.24) is 14.7 Å². The van der Waals surface area contributed by atoms with Gasteiger partial charge >= 0.3 is 5.97 Å². The van der Waals surface area contributed by atoms with Crippen LogP contribution in [-0.2, 0) is 11.8 Å². The Balaban J connectivity index is 2.97. The van der Waals surface area contributed by atoms with Crippen LogP contribution in [0.15, 0.2) is 16.9 Å². The molecule has 0 saturated heterocycles. The lowest BCUT2D eigenvalue weighted by Gasteiger charge is -2.26. The topological polar surface area (TPSA) is 92.5 Å². The first-order valence-corrected chi connectivity index (χ1v) is 5.94. The van der Waals surface area contributed by atoms with Gasteiger partial charge in [-0.3, -0.25) is 14.4 Å². The van der Waals surface area contributed by atoms with Crippen molar-refractivity contribution in [2.24, 2.45) is 7.05 Å². The zero-order chi connectivity index (χ0) is 14.6. The molecule has 1 aromatic rings. The van der Waals surface area contributed by atoms with Crippen LogP contribution in [0.25, 0.3) is 0 Å². The number of carbonyl (C=O) groups excluding carboxylic acids is 1. The molecule has 0 radical (unpaired) electrons. The largest absolute Gasteiger partial charge is 0.481 e. The van der Waals surface area contributed by atoms with Crippen LogP contribution in [0.3, 0.4) is 0 Å². The molecule has 104 valence electrons. The zero-order valence-corrected chi connectivity index (χ0v) is 11.2. The third-order valence-electron chi connectivity index (χ3n) is 2.78. The van der Waals surface area contributed by atoms with Gasteiger partial charge in [-0.15, -0.1) is 0 Å². The van der Waals surface area contributed by atoms with Crippen LogP contribution in [0.1, 0.15) is 30.8 Å². The highest BCUT2D eigenvalue weighted by atomic mass is 16.4. The van der Waals surface area contributed by atoms with Gasteiger partial charge in [-0.2, -0.15) is 5.10 Å². The highest BCUT2D eigenvalue weighted by Gasteiger charge is 2.23. The predicted molar refractivity (Wildman–Crippen MR) is 67.9 cm³/mol. The van der Waals surface area contributed by atoms with E-state index < -0.39 is 12.0 Å². The molecule has 0 bridgehead atoms. The van der Waals surface area contributed by atoms with Crippen LogP contribution in [0.4, 0.5) is 0 Å². The fourth-order valence-electron chi connectivity index (χ4n) is 1.78. The van der Waals surface area contributed by atoms with Gasteiger partial charge in [0.25, 0.3) is 11.5 Å². The average Bonchev–Trinajstić information content (AvgIpc) is 2.32. The number of hydrogen-bond acceptors (Lipinski definition) is 4. The van der Waals surface area contributed by atoms with Crippen molar-refractivity contribution in [3.05, 3.63) is 28.2 Å². The molecule has 1 N–H and O–H groups in total. The number of carbonyl (C=O) groups is 2. The standard InChI is InChI=1S/C12H17N3O4/c1-4-15(8(2)7-11(17)18)12(19)9-5-6-10(16)14(3)13-9/h5-6,8H,4,7H2,1-3H3,(H,17,18). The predicted octanol–water partition coefficient (Wildman–Crippen LogP) is 0.106. The lowest BCUT2D eigenvalue weighted by molar-refractivity contribution is -0.138. The van der Waals surface area contributed by atoms with Crippen molar-refractivity contribution in [3.8, 4) is 0 Å². The molecule has 0 aliphatic heterocycles. The highest BCUT2D eigenvalue weighted by molar-refractivity contribution is 5.92. The van der Waals surface area contributed by atoms with Gasteiger partial charge in [-0.05, 0) is 19.9 Å². The van der Waals surface area contributed by atoms with E-state index in [2.05, 4.69) is 5.10 Å². The summed E-state index contributed by atoms with van der Waals surface area (Å²) < 4.78 is 1.07. The number of rotatable bonds is 5. The summed E-state index contributed by atoms with van der Waals surface area (Å²) in [5.41, 5.74) is -0.181. The van der Waals surface area contributed by atoms with E-state index in [4.69, 9.17) is 5.11 Å². The fourth-order valence-corrected chi connectivity index (χ4v) is 1.78. The second-order valence-electron chi connectivity index (χ2n) is 4.22. The fraction of sp³-hybridized carbons (Fsp3) is 0.500. The van der Waals surface area contributed by atoms with Crippen LogP contribution in [0, 0.1) is 0 Å². The third-order valence-corrected chi connectivity index (χ3v) is 2.78. The first-order valence-electron chi connectivity index (χ1n) is 5.94. The van der Waals surface area contributed by atoms with Gasteiger partial charge < -0.3 is 10.0 Å². The molecule has 1 unspecified atom stereocenters. The molecule has 0 aliphatic rings. The van der Waals surface area contributed by atoms with E-state index in [1.54, 1.807) is 13.8 Å². The minimum absolute atomic E-state index is 0.126. The summed E-state index contributed by atoms with van der Waals surface area (Å²) in [6.07, 6.45) is -0.134. The average molecular weight is 267 g/mol. The van der Waals surface area contributed by atoms with Crippen molar-refractivity contribution in [2.75, 3.05) is 6.54 Å². The van der Waals surface area contributed by atoms with Crippen LogP contribution in [0.2, 0.25) is 0 Å². The van der Waals surface area contributed by atoms with Gasteiger partial charge in [0.05, 0.1) is 6.42 Å². The molecule has 7 nitrogen and oxygen atoms in total. The number of aryl methyl sites for hydroxylation is 1. The second-order valence-corrected chi connectivity index (χ2v) is 4.22. The van der Waals surface area contributed by atoms with E-state index in [-0.39, 0.29) is 23.6 Å². The maximum Gasteiger partial charge on any atom is 0.305 e. The van der Waals surface area contributed by atoms with Crippen molar-refractivity contribution >= 4 is 11.9 Å². The highest BCUT2D eigenvalue weighted by Crippen LogP contribution is 2.08. The first-order chi connectivity index (χ1) is 8.86. The number of carboxylic acids is 1. The van der Waals surface area contributed by atoms with Crippen molar-refractivity contribution in [2.45, 2.75) is 26.3 Å². The second kappa shape index (κ2) is 6.12. The lowest BCUT2D eigenvalue weighted by atomic mass is 10.2. The maximum atomic E-state index is 12.2. The Kier molecular flexibility index (Phi) is 4.80.